The van der Waals surface area contributed by atoms with Crippen LogP contribution in [0.3, 0.4) is 0 Å². The normalized spacial score (nSPS) is 18.7. The Morgan fingerprint density at radius 3 is 2.80 bits per heavy atom. The zero-order valence-electron chi connectivity index (χ0n) is 8.62. The summed E-state index contributed by atoms with van der Waals surface area (Å²) in [5.41, 5.74) is -0.261. The number of hydrogen-bond acceptors (Lipinski definition) is 3. The molecule has 0 unspecified atom stereocenters. The van der Waals surface area contributed by atoms with Gasteiger partial charge in [-0.05, 0) is 18.4 Å². The van der Waals surface area contributed by atoms with Gasteiger partial charge in [0.2, 0.25) is 0 Å². The number of carbonyl (C=O) groups excluding carboxylic acids is 1. The fraction of sp³-hybridized carbons (Fsp3) is 0.500. The van der Waals surface area contributed by atoms with E-state index in [-0.39, 0.29) is 16.4 Å². The Hall–Kier alpha value is -0.940. The Kier molecular flexibility index (Phi) is 2.52. The summed E-state index contributed by atoms with van der Waals surface area (Å²) in [7, 11) is 1.62. The van der Waals surface area contributed by atoms with Crippen LogP contribution in [0.2, 0.25) is 0 Å². The highest BCUT2D eigenvalue weighted by molar-refractivity contribution is 7.12. The summed E-state index contributed by atoms with van der Waals surface area (Å²) in [6.07, 6.45) is 0. The molecule has 1 amide bonds. The minimum atomic E-state index is -0.434. The van der Waals surface area contributed by atoms with Gasteiger partial charge in [0, 0.05) is 7.11 Å². The van der Waals surface area contributed by atoms with Crippen molar-refractivity contribution in [3.05, 3.63) is 22.1 Å². The van der Waals surface area contributed by atoms with Crippen molar-refractivity contribution in [3.63, 3.8) is 0 Å². The van der Waals surface area contributed by atoms with Crippen LogP contribution in [0.15, 0.2) is 11.4 Å². The van der Waals surface area contributed by atoms with Crippen LogP contribution in [0.5, 0.6) is 0 Å². The quantitative estimate of drug-likeness (QED) is 0.773. The highest BCUT2D eigenvalue weighted by atomic mass is 32.1. The SMILES string of the molecule is COC1(C)CN(C(=O)c2sccc2F)C1. The molecule has 0 atom stereocenters. The van der Waals surface area contributed by atoms with Gasteiger partial charge in [-0.3, -0.25) is 4.79 Å². The lowest BCUT2D eigenvalue weighted by Gasteiger charge is -2.46. The summed E-state index contributed by atoms with van der Waals surface area (Å²) in [5, 5.41) is 1.58. The molecule has 1 saturated heterocycles. The topological polar surface area (TPSA) is 29.5 Å². The van der Waals surface area contributed by atoms with Crippen LogP contribution in [0.1, 0.15) is 16.6 Å². The maximum Gasteiger partial charge on any atom is 0.267 e. The smallest absolute Gasteiger partial charge is 0.267 e. The molecule has 1 aromatic rings. The first-order valence-electron chi connectivity index (χ1n) is 4.63. The summed E-state index contributed by atoms with van der Waals surface area (Å²) in [6.45, 7) is 2.99. The van der Waals surface area contributed by atoms with Crippen molar-refractivity contribution in [3.8, 4) is 0 Å². The number of halogens is 1. The average Bonchev–Trinajstić information content (AvgIpc) is 2.58. The summed E-state index contributed by atoms with van der Waals surface area (Å²) < 4.78 is 18.3. The van der Waals surface area contributed by atoms with Crippen LogP contribution in [0.25, 0.3) is 0 Å². The summed E-state index contributed by atoms with van der Waals surface area (Å²) in [6, 6.07) is 1.31. The van der Waals surface area contributed by atoms with E-state index in [1.165, 1.54) is 6.07 Å². The van der Waals surface area contributed by atoms with Crippen molar-refractivity contribution in [2.45, 2.75) is 12.5 Å². The predicted molar refractivity (Wildman–Crippen MR) is 55.6 cm³/mol. The molecule has 0 radical (unpaired) electrons. The molecule has 0 N–H and O–H groups in total. The molecule has 15 heavy (non-hydrogen) atoms. The lowest BCUT2D eigenvalue weighted by atomic mass is 9.96. The monoisotopic (exact) mass is 229 g/mol. The third-order valence-corrected chi connectivity index (χ3v) is 3.52. The molecule has 1 aliphatic heterocycles. The van der Waals surface area contributed by atoms with Gasteiger partial charge in [0.1, 0.15) is 16.3 Å². The van der Waals surface area contributed by atoms with Crippen LogP contribution in [0.4, 0.5) is 4.39 Å². The highest BCUT2D eigenvalue weighted by Crippen LogP contribution is 2.27. The Morgan fingerprint density at radius 2 is 2.33 bits per heavy atom. The largest absolute Gasteiger partial charge is 0.375 e. The first-order valence-corrected chi connectivity index (χ1v) is 5.51. The number of hydrogen-bond donors (Lipinski definition) is 0. The van der Waals surface area contributed by atoms with Crippen molar-refractivity contribution in [2.75, 3.05) is 20.2 Å². The molecular formula is C10H12FNO2S. The number of thiophene rings is 1. The van der Waals surface area contributed by atoms with Gasteiger partial charge in [0.25, 0.3) is 5.91 Å². The number of rotatable bonds is 2. The molecule has 0 aromatic carbocycles. The second kappa shape index (κ2) is 3.57. The molecule has 3 nitrogen and oxygen atoms in total. The van der Waals surface area contributed by atoms with Gasteiger partial charge in [-0.1, -0.05) is 0 Å². The van der Waals surface area contributed by atoms with E-state index in [0.717, 1.165) is 11.3 Å². The van der Waals surface area contributed by atoms with Crippen molar-refractivity contribution in [2.24, 2.45) is 0 Å². The number of ether oxygens (including phenoxy) is 1. The Morgan fingerprint density at radius 1 is 1.67 bits per heavy atom. The van der Waals surface area contributed by atoms with Gasteiger partial charge in [0.15, 0.2) is 0 Å². The number of likely N-dealkylation sites (tertiary alicyclic amines) is 1. The molecule has 1 fully saturated rings. The Balaban J connectivity index is 2.04. The van der Waals surface area contributed by atoms with Gasteiger partial charge in [-0.15, -0.1) is 11.3 Å². The summed E-state index contributed by atoms with van der Waals surface area (Å²) >= 11 is 1.14. The maximum absolute atomic E-state index is 13.1. The van der Waals surface area contributed by atoms with Gasteiger partial charge in [-0.25, -0.2) is 4.39 Å². The first kappa shape index (κ1) is 10.6. The molecule has 0 aliphatic carbocycles. The molecule has 0 bridgehead atoms. The fourth-order valence-corrected chi connectivity index (χ4v) is 2.36. The van der Waals surface area contributed by atoms with Crippen LogP contribution < -0.4 is 0 Å². The van der Waals surface area contributed by atoms with Gasteiger partial charge >= 0.3 is 0 Å². The number of nitrogens with zero attached hydrogens (tertiary/aromatic N) is 1. The maximum atomic E-state index is 13.1. The molecular weight excluding hydrogens is 217 g/mol. The molecule has 2 rings (SSSR count). The fourth-order valence-electron chi connectivity index (χ4n) is 1.62. The molecule has 5 heteroatoms. The zero-order chi connectivity index (χ0) is 11.1. The second-order valence-corrected chi connectivity index (χ2v) is 4.83. The average molecular weight is 229 g/mol. The lowest BCUT2D eigenvalue weighted by molar-refractivity contribution is -0.0947. The minimum Gasteiger partial charge on any atom is -0.375 e. The van der Waals surface area contributed by atoms with E-state index in [9.17, 15) is 9.18 Å². The van der Waals surface area contributed by atoms with E-state index < -0.39 is 5.82 Å². The molecule has 82 valence electrons. The predicted octanol–water partition coefficient (Wildman–Crippen LogP) is 1.75. The van der Waals surface area contributed by atoms with Crippen LogP contribution in [0, 0.1) is 5.82 Å². The zero-order valence-corrected chi connectivity index (χ0v) is 9.44. The molecule has 0 saturated carbocycles. The van der Waals surface area contributed by atoms with Crippen LogP contribution in [-0.2, 0) is 4.74 Å². The Labute approximate surface area is 91.5 Å². The van der Waals surface area contributed by atoms with Crippen molar-refractivity contribution < 1.29 is 13.9 Å². The number of amides is 1. The van der Waals surface area contributed by atoms with Gasteiger partial charge in [0.05, 0.1) is 13.1 Å². The third kappa shape index (κ3) is 1.77. The van der Waals surface area contributed by atoms with E-state index in [0.29, 0.717) is 13.1 Å². The highest BCUT2D eigenvalue weighted by Gasteiger charge is 2.42. The van der Waals surface area contributed by atoms with E-state index in [1.54, 1.807) is 17.4 Å². The lowest BCUT2D eigenvalue weighted by Crippen LogP contribution is -2.62. The number of methoxy groups -OCH3 is 1. The third-order valence-electron chi connectivity index (χ3n) is 2.64. The molecule has 2 heterocycles. The van der Waals surface area contributed by atoms with E-state index in [1.807, 2.05) is 6.92 Å². The van der Waals surface area contributed by atoms with Gasteiger partial charge < -0.3 is 9.64 Å². The number of carbonyl (C=O) groups is 1. The minimum absolute atomic E-state index is 0.188. The first-order chi connectivity index (χ1) is 7.06. The molecule has 0 spiro atoms. The van der Waals surface area contributed by atoms with E-state index in [4.69, 9.17) is 4.74 Å². The Bertz CT molecular complexity index is 385. The van der Waals surface area contributed by atoms with E-state index >= 15 is 0 Å². The standard InChI is InChI=1S/C10H12FNO2S/c1-10(14-2)5-12(6-10)9(13)8-7(11)3-4-15-8/h3-4H,5-6H2,1-2H3. The van der Waals surface area contributed by atoms with Crippen LogP contribution in [-0.4, -0.2) is 36.6 Å². The second-order valence-electron chi connectivity index (χ2n) is 3.91. The van der Waals surface area contributed by atoms with Crippen LogP contribution >= 0.6 is 11.3 Å². The summed E-state index contributed by atoms with van der Waals surface area (Å²) in [4.78, 5) is 13.5. The van der Waals surface area contributed by atoms with Crippen molar-refractivity contribution in [1.82, 2.24) is 4.90 Å². The summed E-state index contributed by atoms with van der Waals surface area (Å²) in [5.74, 6) is -0.673. The van der Waals surface area contributed by atoms with Gasteiger partial charge in [-0.2, -0.15) is 0 Å². The van der Waals surface area contributed by atoms with Crippen molar-refractivity contribution >= 4 is 17.2 Å². The van der Waals surface area contributed by atoms with Crippen molar-refractivity contribution in [1.29, 1.82) is 0 Å². The van der Waals surface area contributed by atoms with E-state index in [2.05, 4.69) is 0 Å². The molecule has 1 aromatic heterocycles. The molecule has 1 aliphatic rings.